The van der Waals surface area contributed by atoms with E-state index >= 15 is 0 Å². The Balaban J connectivity index is 2.99. The van der Waals surface area contributed by atoms with Gasteiger partial charge >= 0.3 is 0 Å². The topological polar surface area (TPSA) is 58.9 Å². The SMILES string of the molecule is NCCc1cc(I)[nH]c(=O)c1. The average molecular weight is 264 g/mol. The van der Waals surface area contributed by atoms with Crippen molar-refractivity contribution in [2.45, 2.75) is 6.42 Å². The van der Waals surface area contributed by atoms with Crippen LogP contribution in [0.4, 0.5) is 0 Å². The third-order valence-electron chi connectivity index (χ3n) is 1.30. The molecule has 11 heavy (non-hydrogen) atoms. The Hall–Kier alpha value is -0.360. The zero-order valence-corrected chi connectivity index (χ0v) is 8.09. The van der Waals surface area contributed by atoms with Gasteiger partial charge in [0, 0.05) is 6.07 Å². The van der Waals surface area contributed by atoms with Crippen molar-refractivity contribution in [3.05, 3.63) is 31.8 Å². The predicted molar refractivity (Wildman–Crippen MR) is 52.5 cm³/mol. The Labute approximate surface area is 78.1 Å². The Morgan fingerprint density at radius 2 is 2.27 bits per heavy atom. The number of halogens is 1. The van der Waals surface area contributed by atoms with Crippen LogP contribution < -0.4 is 11.3 Å². The van der Waals surface area contributed by atoms with Gasteiger partial charge in [-0.15, -0.1) is 0 Å². The first-order valence-corrected chi connectivity index (χ1v) is 4.39. The number of hydrogen-bond donors (Lipinski definition) is 2. The molecule has 0 bridgehead atoms. The fourth-order valence-electron chi connectivity index (χ4n) is 0.874. The third-order valence-corrected chi connectivity index (χ3v) is 1.89. The molecule has 0 aliphatic rings. The van der Waals surface area contributed by atoms with Gasteiger partial charge in [-0.2, -0.15) is 0 Å². The smallest absolute Gasteiger partial charge is 0.248 e. The molecular weight excluding hydrogens is 255 g/mol. The van der Waals surface area contributed by atoms with Gasteiger partial charge < -0.3 is 10.7 Å². The number of rotatable bonds is 2. The number of H-pyrrole nitrogens is 1. The lowest BCUT2D eigenvalue weighted by atomic mass is 10.2. The summed E-state index contributed by atoms with van der Waals surface area (Å²) in [5.41, 5.74) is 6.29. The van der Waals surface area contributed by atoms with Crippen LogP contribution in [0.5, 0.6) is 0 Å². The maximum absolute atomic E-state index is 10.9. The molecule has 0 atom stereocenters. The fourth-order valence-corrected chi connectivity index (χ4v) is 1.54. The lowest BCUT2D eigenvalue weighted by Gasteiger charge is -1.97. The zero-order chi connectivity index (χ0) is 8.27. The summed E-state index contributed by atoms with van der Waals surface area (Å²) in [7, 11) is 0. The molecule has 3 N–H and O–H groups in total. The van der Waals surface area contributed by atoms with Crippen LogP contribution in [-0.4, -0.2) is 11.5 Å². The summed E-state index contributed by atoms with van der Waals surface area (Å²) in [6.07, 6.45) is 0.764. The minimum atomic E-state index is -0.0552. The van der Waals surface area contributed by atoms with E-state index in [1.807, 2.05) is 6.07 Å². The third kappa shape index (κ3) is 2.63. The molecule has 0 aliphatic heterocycles. The summed E-state index contributed by atoms with van der Waals surface area (Å²) >= 11 is 2.07. The Morgan fingerprint density at radius 1 is 1.55 bits per heavy atom. The van der Waals surface area contributed by atoms with Crippen molar-refractivity contribution >= 4 is 22.6 Å². The second-order valence-electron chi connectivity index (χ2n) is 2.24. The van der Waals surface area contributed by atoms with E-state index in [1.54, 1.807) is 6.07 Å². The largest absolute Gasteiger partial charge is 0.330 e. The van der Waals surface area contributed by atoms with E-state index < -0.39 is 0 Å². The molecule has 0 amide bonds. The monoisotopic (exact) mass is 264 g/mol. The minimum Gasteiger partial charge on any atom is -0.330 e. The van der Waals surface area contributed by atoms with Crippen molar-refractivity contribution in [2.75, 3.05) is 6.54 Å². The minimum absolute atomic E-state index is 0.0552. The Kier molecular flexibility index (Phi) is 3.07. The second-order valence-corrected chi connectivity index (χ2v) is 3.40. The molecule has 1 aromatic rings. The number of aromatic nitrogens is 1. The number of nitrogens with two attached hydrogens (primary N) is 1. The standard InChI is InChI=1S/C7H9IN2O/c8-6-3-5(1-2-9)4-7(11)10-6/h3-4H,1-2,9H2,(H,10,11). The van der Waals surface area contributed by atoms with Crippen LogP contribution in [0.2, 0.25) is 0 Å². The van der Waals surface area contributed by atoms with E-state index in [9.17, 15) is 4.79 Å². The maximum atomic E-state index is 10.9. The summed E-state index contributed by atoms with van der Waals surface area (Å²) in [5, 5.41) is 0. The molecule has 1 aromatic heterocycles. The summed E-state index contributed by atoms with van der Waals surface area (Å²) in [5.74, 6) is 0. The maximum Gasteiger partial charge on any atom is 0.248 e. The number of nitrogens with one attached hydrogen (secondary N) is 1. The van der Waals surface area contributed by atoms with Gasteiger partial charge in [-0.3, -0.25) is 4.79 Å². The molecule has 0 saturated carbocycles. The molecule has 1 rings (SSSR count). The highest BCUT2D eigenvalue weighted by molar-refractivity contribution is 14.1. The Bertz CT molecular complexity index is 295. The van der Waals surface area contributed by atoms with Gasteiger partial charge in [0.25, 0.3) is 0 Å². The summed E-state index contributed by atoms with van der Waals surface area (Å²) in [6.45, 7) is 0.583. The summed E-state index contributed by atoms with van der Waals surface area (Å²) in [6, 6.07) is 3.50. The van der Waals surface area contributed by atoms with Crippen molar-refractivity contribution in [1.29, 1.82) is 0 Å². The van der Waals surface area contributed by atoms with Gasteiger partial charge in [-0.1, -0.05) is 0 Å². The highest BCUT2D eigenvalue weighted by atomic mass is 127. The zero-order valence-electron chi connectivity index (χ0n) is 5.93. The molecule has 0 aliphatic carbocycles. The van der Waals surface area contributed by atoms with Crippen LogP contribution in [-0.2, 0) is 6.42 Å². The van der Waals surface area contributed by atoms with Gasteiger partial charge in [-0.25, -0.2) is 0 Å². The highest BCUT2D eigenvalue weighted by Gasteiger charge is 1.94. The molecular formula is C7H9IN2O. The van der Waals surface area contributed by atoms with Gasteiger partial charge in [-0.05, 0) is 47.2 Å². The molecule has 0 saturated heterocycles. The van der Waals surface area contributed by atoms with E-state index in [0.29, 0.717) is 6.54 Å². The first-order valence-electron chi connectivity index (χ1n) is 3.31. The molecule has 0 fully saturated rings. The fraction of sp³-hybridized carbons (Fsp3) is 0.286. The van der Waals surface area contributed by atoms with E-state index in [1.165, 1.54) is 0 Å². The number of aromatic amines is 1. The normalized spacial score (nSPS) is 10.0. The van der Waals surface area contributed by atoms with Crippen LogP contribution in [0.15, 0.2) is 16.9 Å². The quantitative estimate of drug-likeness (QED) is 0.603. The molecule has 3 nitrogen and oxygen atoms in total. The van der Waals surface area contributed by atoms with Crippen LogP contribution in [0.25, 0.3) is 0 Å². The molecule has 0 unspecified atom stereocenters. The van der Waals surface area contributed by atoms with Crippen LogP contribution >= 0.6 is 22.6 Å². The molecule has 0 spiro atoms. The molecule has 4 heteroatoms. The molecule has 0 aromatic carbocycles. The molecule has 60 valence electrons. The van der Waals surface area contributed by atoms with E-state index in [4.69, 9.17) is 5.73 Å². The molecule has 1 heterocycles. The van der Waals surface area contributed by atoms with Crippen molar-refractivity contribution in [2.24, 2.45) is 5.73 Å². The number of hydrogen-bond acceptors (Lipinski definition) is 2. The number of pyridine rings is 1. The van der Waals surface area contributed by atoms with Gasteiger partial charge in [0.1, 0.15) is 0 Å². The van der Waals surface area contributed by atoms with E-state index in [-0.39, 0.29) is 5.56 Å². The van der Waals surface area contributed by atoms with Gasteiger partial charge in [0.05, 0.1) is 3.70 Å². The van der Waals surface area contributed by atoms with Crippen LogP contribution in [0.3, 0.4) is 0 Å². The van der Waals surface area contributed by atoms with Crippen molar-refractivity contribution in [3.63, 3.8) is 0 Å². The van der Waals surface area contributed by atoms with Crippen LogP contribution in [0.1, 0.15) is 5.56 Å². The van der Waals surface area contributed by atoms with Gasteiger partial charge in [0.2, 0.25) is 5.56 Å². The Morgan fingerprint density at radius 3 is 2.82 bits per heavy atom. The average Bonchev–Trinajstić information content (AvgIpc) is 1.85. The molecule has 0 radical (unpaired) electrons. The van der Waals surface area contributed by atoms with Crippen LogP contribution in [0, 0.1) is 3.70 Å². The summed E-state index contributed by atoms with van der Waals surface area (Å²) < 4.78 is 0.860. The van der Waals surface area contributed by atoms with E-state index in [2.05, 4.69) is 27.6 Å². The van der Waals surface area contributed by atoms with Crippen molar-refractivity contribution in [1.82, 2.24) is 4.98 Å². The summed E-state index contributed by atoms with van der Waals surface area (Å²) in [4.78, 5) is 13.5. The van der Waals surface area contributed by atoms with Crippen molar-refractivity contribution in [3.8, 4) is 0 Å². The van der Waals surface area contributed by atoms with E-state index in [0.717, 1.165) is 15.7 Å². The van der Waals surface area contributed by atoms with Crippen molar-refractivity contribution < 1.29 is 0 Å². The predicted octanol–water partition coefficient (Wildman–Crippen LogP) is 0.481. The lowest BCUT2D eigenvalue weighted by Crippen LogP contribution is -2.10. The second kappa shape index (κ2) is 3.87. The first-order chi connectivity index (χ1) is 5.22. The van der Waals surface area contributed by atoms with Gasteiger partial charge in [0.15, 0.2) is 0 Å². The highest BCUT2D eigenvalue weighted by Crippen LogP contribution is 2.01. The first kappa shape index (κ1) is 8.73. The lowest BCUT2D eigenvalue weighted by molar-refractivity contribution is 0.955.